The van der Waals surface area contributed by atoms with Gasteiger partial charge in [0.2, 0.25) is 0 Å². The van der Waals surface area contributed by atoms with Gasteiger partial charge in [0.25, 0.3) is 15.0 Å². The number of hydrogen-bond acceptors (Lipinski definition) is 4. The van der Waals surface area contributed by atoms with Crippen molar-refractivity contribution in [1.82, 2.24) is 4.31 Å². The quantitative estimate of drug-likeness (QED) is 0.536. The van der Waals surface area contributed by atoms with Crippen LogP contribution in [0.3, 0.4) is 0 Å². The second-order valence-corrected chi connectivity index (χ2v) is 10.6. The molecular weight excluding hydrogens is 409 g/mol. The van der Waals surface area contributed by atoms with Crippen LogP contribution < -0.4 is 0 Å². The summed E-state index contributed by atoms with van der Waals surface area (Å²) < 4.78 is 124. The van der Waals surface area contributed by atoms with Gasteiger partial charge < -0.3 is 0 Å². The number of nitrogens with zero attached hydrogens (tertiary/aromatic N) is 1. The van der Waals surface area contributed by atoms with E-state index in [9.17, 15) is 38.8 Å². The Balaban J connectivity index is 2.37. The predicted molar refractivity (Wildman–Crippen MR) is 81.5 cm³/mol. The van der Waals surface area contributed by atoms with Crippen molar-refractivity contribution in [2.45, 2.75) is 55.2 Å². The van der Waals surface area contributed by atoms with Gasteiger partial charge in [0.05, 0.1) is 0 Å². The van der Waals surface area contributed by atoms with Gasteiger partial charge >= 0.3 is 21.3 Å². The van der Waals surface area contributed by atoms with E-state index in [-0.39, 0.29) is 38.3 Å². The summed E-state index contributed by atoms with van der Waals surface area (Å²) in [7, 11) is -12.4. The van der Waals surface area contributed by atoms with E-state index < -0.39 is 36.3 Å². The summed E-state index contributed by atoms with van der Waals surface area (Å²) in [6, 6.07) is 0. The third-order valence-electron chi connectivity index (χ3n) is 5.33. The monoisotopic (exact) mass is 429 g/mol. The molecule has 6 nitrogen and oxygen atoms in total. The maximum atomic E-state index is 14.6. The second kappa shape index (κ2) is 6.52. The van der Waals surface area contributed by atoms with Gasteiger partial charge in [-0.1, -0.05) is 19.3 Å². The number of sulfonamides is 1. The number of hydrogen-bond donors (Lipinski definition) is 1. The van der Waals surface area contributed by atoms with E-state index in [4.69, 9.17) is 4.55 Å². The topological polar surface area (TPSA) is 91.7 Å². The van der Waals surface area contributed by atoms with Crippen LogP contribution in [0, 0.1) is 11.8 Å². The molecule has 0 bridgehead atoms. The van der Waals surface area contributed by atoms with Gasteiger partial charge in [-0.05, 0) is 31.6 Å². The highest BCUT2D eigenvalue weighted by Gasteiger charge is 2.79. The van der Waals surface area contributed by atoms with Gasteiger partial charge in [0.1, 0.15) is 0 Å². The second-order valence-electron chi connectivity index (χ2n) is 6.94. The Hall–Kier alpha value is -0.530. The van der Waals surface area contributed by atoms with Crippen molar-refractivity contribution in [3.8, 4) is 0 Å². The first-order valence-electron chi connectivity index (χ1n) is 7.98. The van der Waals surface area contributed by atoms with Gasteiger partial charge in [0, 0.05) is 13.1 Å². The van der Waals surface area contributed by atoms with Gasteiger partial charge in [-0.15, -0.1) is 0 Å². The van der Waals surface area contributed by atoms with Gasteiger partial charge in [-0.3, -0.25) is 4.55 Å². The van der Waals surface area contributed by atoms with E-state index in [1.807, 2.05) is 0 Å². The largest absolute Gasteiger partial charge is 0.436 e. The SMILES string of the molecule is CC(F)(C(F)(F)C(F)(F)S(=O)(=O)O)S(=O)(=O)N1CCC2CCCCC2C1. The van der Waals surface area contributed by atoms with Crippen molar-refractivity contribution in [3.05, 3.63) is 0 Å². The van der Waals surface area contributed by atoms with Crippen molar-refractivity contribution in [2.75, 3.05) is 13.1 Å². The molecule has 0 aromatic heterocycles. The number of piperidine rings is 1. The summed E-state index contributed by atoms with van der Waals surface area (Å²) in [5.41, 5.74) is 0. The number of rotatable bonds is 5. The molecule has 1 aliphatic heterocycles. The molecule has 2 aliphatic rings. The fourth-order valence-electron chi connectivity index (χ4n) is 3.61. The maximum absolute atomic E-state index is 14.6. The first-order valence-corrected chi connectivity index (χ1v) is 10.9. The van der Waals surface area contributed by atoms with Gasteiger partial charge in [-0.25, -0.2) is 12.8 Å². The summed E-state index contributed by atoms with van der Waals surface area (Å²) in [5, 5.41) is -11.3. The van der Waals surface area contributed by atoms with Crippen LogP contribution in [-0.4, -0.2) is 55.0 Å². The minimum Gasteiger partial charge on any atom is -0.281 e. The van der Waals surface area contributed by atoms with Crippen molar-refractivity contribution >= 4 is 20.1 Å². The lowest BCUT2D eigenvalue weighted by molar-refractivity contribution is -0.207. The molecule has 1 aliphatic carbocycles. The molecule has 1 saturated carbocycles. The zero-order valence-corrected chi connectivity index (χ0v) is 15.5. The molecule has 0 aromatic rings. The molecule has 2 fully saturated rings. The van der Waals surface area contributed by atoms with Crippen LogP contribution in [0.5, 0.6) is 0 Å². The molecule has 1 saturated heterocycles. The van der Waals surface area contributed by atoms with Crippen LogP contribution >= 0.6 is 0 Å². The zero-order valence-electron chi connectivity index (χ0n) is 13.8. The number of alkyl halides is 5. The lowest BCUT2D eigenvalue weighted by Crippen LogP contribution is -2.64. The Labute approximate surface area is 148 Å². The Kier molecular flexibility index (Phi) is 5.46. The number of fused-ring (bicyclic) bond motifs is 1. The summed E-state index contributed by atoms with van der Waals surface area (Å²) in [4.78, 5) is 0. The van der Waals surface area contributed by atoms with E-state index >= 15 is 0 Å². The Morgan fingerprint density at radius 3 is 1.92 bits per heavy atom. The smallest absolute Gasteiger partial charge is 0.281 e. The van der Waals surface area contributed by atoms with Crippen molar-refractivity contribution in [2.24, 2.45) is 11.8 Å². The molecule has 13 heteroatoms. The van der Waals surface area contributed by atoms with Crippen molar-refractivity contribution in [3.63, 3.8) is 0 Å². The minimum absolute atomic E-state index is 0.154. The molecule has 3 atom stereocenters. The van der Waals surface area contributed by atoms with Crippen LogP contribution in [0.4, 0.5) is 22.0 Å². The van der Waals surface area contributed by atoms with Gasteiger partial charge in [0.15, 0.2) is 0 Å². The Morgan fingerprint density at radius 1 is 0.923 bits per heavy atom. The molecule has 0 radical (unpaired) electrons. The molecule has 1 heterocycles. The first kappa shape index (κ1) is 21.8. The summed E-state index contributed by atoms with van der Waals surface area (Å²) in [6.07, 6.45) is 3.44. The lowest BCUT2D eigenvalue weighted by Gasteiger charge is -2.43. The minimum atomic E-state index is -6.76. The van der Waals surface area contributed by atoms with Crippen LogP contribution in [-0.2, 0) is 20.1 Å². The lowest BCUT2D eigenvalue weighted by atomic mass is 9.76. The maximum Gasteiger partial charge on any atom is 0.436 e. The molecule has 2 rings (SSSR count). The van der Waals surface area contributed by atoms with Crippen molar-refractivity contribution < 1.29 is 43.3 Å². The normalized spacial score (nSPS) is 29.0. The van der Waals surface area contributed by atoms with E-state index in [1.165, 1.54) is 0 Å². The van der Waals surface area contributed by atoms with Crippen LogP contribution in [0.25, 0.3) is 0 Å². The van der Waals surface area contributed by atoms with Crippen molar-refractivity contribution in [1.29, 1.82) is 0 Å². The molecule has 0 spiro atoms. The average molecular weight is 429 g/mol. The fourth-order valence-corrected chi connectivity index (χ4v) is 5.86. The summed E-state index contributed by atoms with van der Waals surface area (Å²) >= 11 is 0. The highest BCUT2D eigenvalue weighted by atomic mass is 32.2. The summed E-state index contributed by atoms with van der Waals surface area (Å²) in [5.74, 6) is -6.25. The van der Waals surface area contributed by atoms with Crippen LogP contribution in [0.15, 0.2) is 0 Å². The predicted octanol–water partition coefficient (Wildman–Crippen LogP) is 2.63. The molecular formula is C13H20F5NO5S2. The van der Waals surface area contributed by atoms with Crippen LogP contribution in [0.2, 0.25) is 0 Å². The van der Waals surface area contributed by atoms with E-state index in [2.05, 4.69) is 0 Å². The first-order chi connectivity index (χ1) is 11.6. The zero-order chi connectivity index (χ0) is 20.2. The summed E-state index contributed by atoms with van der Waals surface area (Å²) in [6.45, 7) is -0.926. The Bertz CT molecular complexity index is 753. The third-order valence-corrected chi connectivity index (χ3v) is 8.47. The van der Waals surface area contributed by atoms with E-state index in [1.54, 1.807) is 0 Å². The molecule has 0 amide bonds. The highest BCUT2D eigenvalue weighted by molar-refractivity contribution is 7.90. The van der Waals surface area contributed by atoms with E-state index in [0.29, 0.717) is 10.7 Å². The molecule has 1 N–H and O–H groups in total. The van der Waals surface area contributed by atoms with Crippen LogP contribution in [0.1, 0.15) is 39.0 Å². The Morgan fingerprint density at radius 2 is 1.42 bits per heavy atom. The van der Waals surface area contributed by atoms with E-state index in [0.717, 1.165) is 19.3 Å². The molecule has 26 heavy (non-hydrogen) atoms. The molecule has 154 valence electrons. The average Bonchev–Trinajstić information content (AvgIpc) is 2.52. The molecule has 3 unspecified atom stereocenters. The van der Waals surface area contributed by atoms with Gasteiger partial charge in [-0.2, -0.15) is 30.3 Å². The number of halogens is 5. The standard InChI is InChI=1S/C13H20F5NO5S2/c1-11(14,12(15,16)13(17,18)26(22,23)24)25(20,21)19-7-6-9-4-2-3-5-10(9)8-19/h9-10H,2-8H2,1H3,(H,22,23,24). The third kappa shape index (κ3) is 3.14. The fraction of sp³-hybridized carbons (Fsp3) is 1.00. The highest BCUT2D eigenvalue weighted by Crippen LogP contribution is 2.51. The molecule has 0 aromatic carbocycles.